The monoisotopic (exact) mass is 446 g/mol. The Morgan fingerprint density at radius 1 is 1.12 bits per heavy atom. The molecule has 0 aromatic heterocycles. The Hall–Kier alpha value is -1.01. The summed E-state index contributed by atoms with van der Waals surface area (Å²) >= 11 is 0. The van der Waals surface area contributed by atoms with Crippen LogP contribution in [-0.4, -0.2) is 50.1 Å². The minimum Gasteiger partial charge on any atom is -0.390 e. The first-order valence-electron chi connectivity index (χ1n) is 12.6. The van der Waals surface area contributed by atoms with E-state index in [0.717, 1.165) is 32.1 Å². The predicted octanol–water partition coefficient (Wildman–Crippen LogP) is 3.54. The molecule has 0 heterocycles. The Kier molecular flexibility index (Phi) is 6.06. The van der Waals surface area contributed by atoms with Crippen LogP contribution in [-0.2, 0) is 4.79 Å². The molecule has 2 saturated carbocycles. The van der Waals surface area contributed by atoms with Gasteiger partial charge in [0.2, 0.25) is 0 Å². The van der Waals surface area contributed by atoms with Gasteiger partial charge in [-0.05, 0) is 93.1 Å². The molecule has 5 nitrogen and oxygen atoms in total. The lowest BCUT2D eigenvalue weighted by molar-refractivity contribution is -0.139. The van der Waals surface area contributed by atoms with E-state index < -0.39 is 29.3 Å². The van der Waals surface area contributed by atoms with Crippen LogP contribution in [0.1, 0.15) is 79.6 Å². The molecule has 4 N–H and O–H groups in total. The molecule has 4 aliphatic carbocycles. The summed E-state index contributed by atoms with van der Waals surface area (Å²) in [5.41, 5.74) is 0.0264. The average Bonchev–Trinajstić information content (AvgIpc) is 3.06. The maximum absolute atomic E-state index is 13.1. The summed E-state index contributed by atoms with van der Waals surface area (Å²) in [6.45, 7) is 10.4. The van der Waals surface area contributed by atoms with Crippen molar-refractivity contribution in [2.45, 2.75) is 103 Å². The first-order chi connectivity index (χ1) is 14.8. The molecule has 0 aromatic carbocycles. The van der Waals surface area contributed by atoms with Crippen molar-refractivity contribution in [2.24, 2.45) is 34.5 Å². The number of fused-ring (bicyclic) bond motifs is 5. The summed E-state index contributed by atoms with van der Waals surface area (Å²) in [5.74, 6) is 0.778. The highest BCUT2D eigenvalue weighted by molar-refractivity contribution is 6.07. The molecule has 32 heavy (non-hydrogen) atoms. The fourth-order valence-electron chi connectivity index (χ4n) is 7.92. The van der Waals surface area contributed by atoms with Crippen molar-refractivity contribution in [3.05, 3.63) is 23.3 Å². The lowest BCUT2D eigenvalue weighted by Crippen LogP contribution is -2.55. The van der Waals surface area contributed by atoms with Gasteiger partial charge in [0.25, 0.3) is 0 Å². The van der Waals surface area contributed by atoms with Gasteiger partial charge in [0.05, 0.1) is 23.9 Å². The Morgan fingerprint density at radius 2 is 1.81 bits per heavy atom. The van der Waals surface area contributed by atoms with Crippen molar-refractivity contribution in [2.75, 3.05) is 0 Å². The van der Waals surface area contributed by atoms with Crippen LogP contribution in [0.15, 0.2) is 23.3 Å². The SMILES string of the molecule is CC(C)CCC(O)[C@](C)(O)[C@H]1CC[C@H]2C3=CC(=O)C4=C[C@H](O)[C@@H](O)C[C@]4(C)[C@H]3CC[C@@]21C. The number of ketones is 1. The molecule has 0 amide bonds. The van der Waals surface area contributed by atoms with Gasteiger partial charge in [-0.15, -0.1) is 0 Å². The first-order valence-corrected chi connectivity index (χ1v) is 12.6. The normalized spacial score (nSPS) is 44.2. The van der Waals surface area contributed by atoms with Crippen molar-refractivity contribution in [1.29, 1.82) is 0 Å². The maximum atomic E-state index is 13.1. The van der Waals surface area contributed by atoms with Gasteiger partial charge >= 0.3 is 0 Å². The fourth-order valence-corrected chi connectivity index (χ4v) is 7.92. The smallest absolute Gasteiger partial charge is 0.182 e. The van der Waals surface area contributed by atoms with Crippen molar-refractivity contribution in [3.63, 3.8) is 0 Å². The summed E-state index contributed by atoms with van der Waals surface area (Å²) in [7, 11) is 0. The molecular formula is C27H42O5. The van der Waals surface area contributed by atoms with Gasteiger partial charge < -0.3 is 20.4 Å². The molecule has 180 valence electrons. The molecular weight excluding hydrogens is 404 g/mol. The van der Waals surface area contributed by atoms with E-state index in [1.54, 1.807) is 12.2 Å². The van der Waals surface area contributed by atoms with E-state index in [4.69, 9.17) is 0 Å². The summed E-state index contributed by atoms with van der Waals surface area (Å²) in [6, 6.07) is 0. The highest BCUT2D eigenvalue weighted by Gasteiger charge is 2.61. The predicted molar refractivity (Wildman–Crippen MR) is 124 cm³/mol. The van der Waals surface area contributed by atoms with E-state index in [9.17, 15) is 25.2 Å². The molecule has 9 atom stereocenters. The number of aliphatic hydroxyl groups is 4. The van der Waals surface area contributed by atoms with Crippen molar-refractivity contribution < 1.29 is 25.2 Å². The molecule has 0 radical (unpaired) electrons. The molecule has 0 aliphatic heterocycles. The third kappa shape index (κ3) is 3.55. The van der Waals surface area contributed by atoms with Crippen molar-refractivity contribution >= 4 is 5.78 Å². The zero-order valence-electron chi connectivity index (χ0n) is 20.3. The average molecular weight is 447 g/mol. The van der Waals surface area contributed by atoms with Crippen LogP contribution in [0.3, 0.4) is 0 Å². The summed E-state index contributed by atoms with van der Waals surface area (Å²) in [5, 5.41) is 43.0. The van der Waals surface area contributed by atoms with Gasteiger partial charge in [-0.2, -0.15) is 0 Å². The molecule has 2 fully saturated rings. The van der Waals surface area contributed by atoms with Crippen LogP contribution < -0.4 is 0 Å². The van der Waals surface area contributed by atoms with Crippen LogP contribution in [0, 0.1) is 34.5 Å². The second-order valence-electron chi connectivity index (χ2n) is 12.3. The van der Waals surface area contributed by atoms with Crippen molar-refractivity contribution in [1.82, 2.24) is 0 Å². The standard InChI is InChI=1S/C27H42O5/c1-15(2)6-9-24(31)27(5,32)23-8-7-17-16-12-20(28)19-13-21(29)22(30)14-26(19,4)18(16)10-11-25(17,23)3/h12-13,15,17-18,21-24,29-32H,6-11,14H2,1-5H3/t17-,18-,21-,22-,23-,24?,25-,26+,27+/m0/s1. The number of allylic oxidation sites excluding steroid dienone is 3. The summed E-state index contributed by atoms with van der Waals surface area (Å²) in [4.78, 5) is 13.1. The van der Waals surface area contributed by atoms with Crippen LogP contribution in [0.25, 0.3) is 0 Å². The molecule has 4 rings (SSSR count). The third-order valence-electron chi connectivity index (χ3n) is 9.82. The van der Waals surface area contributed by atoms with Gasteiger partial charge in [-0.25, -0.2) is 0 Å². The van der Waals surface area contributed by atoms with Crippen molar-refractivity contribution in [3.8, 4) is 0 Å². The Balaban J connectivity index is 1.65. The second kappa shape index (κ2) is 8.04. The number of hydrogen-bond acceptors (Lipinski definition) is 5. The summed E-state index contributed by atoms with van der Waals surface area (Å²) in [6.07, 6.45) is 6.22. The van der Waals surface area contributed by atoms with Crippen LogP contribution >= 0.6 is 0 Å². The quantitative estimate of drug-likeness (QED) is 0.518. The highest BCUT2D eigenvalue weighted by atomic mass is 16.3. The molecule has 0 aromatic rings. The summed E-state index contributed by atoms with van der Waals surface area (Å²) < 4.78 is 0. The maximum Gasteiger partial charge on any atom is 0.182 e. The first kappa shape index (κ1) is 24.1. The minimum absolute atomic E-state index is 0.0253. The third-order valence-corrected chi connectivity index (χ3v) is 9.82. The van der Waals surface area contributed by atoms with Gasteiger partial charge in [0.1, 0.15) is 0 Å². The Bertz CT molecular complexity index is 826. The molecule has 5 heteroatoms. The van der Waals surface area contributed by atoms with Gasteiger partial charge in [0.15, 0.2) is 5.78 Å². The van der Waals surface area contributed by atoms with Gasteiger partial charge in [0, 0.05) is 11.0 Å². The fraction of sp³-hybridized carbons (Fsp3) is 0.815. The van der Waals surface area contributed by atoms with E-state index in [2.05, 4.69) is 27.7 Å². The van der Waals surface area contributed by atoms with E-state index in [-0.39, 0.29) is 29.0 Å². The number of carbonyl (C=O) groups excluding carboxylic acids is 1. The number of rotatable bonds is 5. The zero-order chi connectivity index (χ0) is 23.6. The molecule has 0 bridgehead atoms. The molecule has 0 spiro atoms. The van der Waals surface area contributed by atoms with E-state index in [1.165, 1.54) is 5.57 Å². The second-order valence-corrected chi connectivity index (χ2v) is 12.3. The van der Waals surface area contributed by atoms with E-state index in [1.807, 2.05) is 6.92 Å². The van der Waals surface area contributed by atoms with Gasteiger partial charge in [-0.1, -0.05) is 33.3 Å². The number of aliphatic hydroxyl groups excluding tert-OH is 3. The van der Waals surface area contributed by atoms with Gasteiger partial charge in [-0.3, -0.25) is 4.79 Å². The molecule has 1 unspecified atom stereocenters. The molecule has 0 saturated heterocycles. The largest absolute Gasteiger partial charge is 0.390 e. The zero-order valence-corrected chi connectivity index (χ0v) is 20.3. The Labute approximate surface area is 192 Å². The number of hydrogen-bond donors (Lipinski definition) is 4. The Morgan fingerprint density at radius 3 is 2.47 bits per heavy atom. The lowest BCUT2D eigenvalue weighted by Gasteiger charge is -2.56. The number of carbonyl (C=O) groups is 1. The highest BCUT2D eigenvalue weighted by Crippen LogP contribution is 2.66. The van der Waals surface area contributed by atoms with E-state index >= 15 is 0 Å². The lowest BCUT2D eigenvalue weighted by atomic mass is 9.49. The molecule has 4 aliphatic rings. The van der Waals surface area contributed by atoms with E-state index in [0.29, 0.717) is 24.3 Å². The van der Waals surface area contributed by atoms with Crippen LogP contribution in [0.4, 0.5) is 0 Å². The van der Waals surface area contributed by atoms with Crippen LogP contribution in [0.5, 0.6) is 0 Å². The minimum atomic E-state index is -1.16. The van der Waals surface area contributed by atoms with Crippen LogP contribution in [0.2, 0.25) is 0 Å². The topological polar surface area (TPSA) is 98.0 Å².